The van der Waals surface area contributed by atoms with Crippen LogP contribution in [0.2, 0.25) is 0 Å². The summed E-state index contributed by atoms with van der Waals surface area (Å²) in [5.74, 6) is 0.349. The number of hydrogen-bond acceptors (Lipinski definition) is 3. The highest BCUT2D eigenvalue weighted by molar-refractivity contribution is 5.79. The zero-order valence-corrected chi connectivity index (χ0v) is 11.6. The monoisotopic (exact) mass is 241 g/mol. The molecule has 0 spiro atoms. The highest BCUT2D eigenvalue weighted by atomic mass is 16.1. The molecule has 1 saturated carbocycles. The summed E-state index contributed by atoms with van der Waals surface area (Å²) in [7, 11) is 4.18. The van der Waals surface area contributed by atoms with Gasteiger partial charge in [0.05, 0.1) is 5.92 Å². The van der Waals surface area contributed by atoms with Gasteiger partial charge in [0.1, 0.15) is 0 Å². The highest BCUT2D eigenvalue weighted by Gasteiger charge is 2.39. The molecule has 1 aliphatic carbocycles. The predicted molar refractivity (Wildman–Crippen MR) is 70.7 cm³/mol. The van der Waals surface area contributed by atoms with Crippen LogP contribution in [0.4, 0.5) is 0 Å². The van der Waals surface area contributed by atoms with Gasteiger partial charge in [-0.2, -0.15) is 0 Å². The van der Waals surface area contributed by atoms with E-state index in [0.717, 1.165) is 6.54 Å². The molecular formula is C13H27N3O. The molecule has 4 nitrogen and oxygen atoms in total. The summed E-state index contributed by atoms with van der Waals surface area (Å²) in [6, 6.07) is 0. The van der Waals surface area contributed by atoms with Gasteiger partial charge in [0.25, 0.3) is 0 Å². The Morgan fingerprint density at radius 3 is 2.29 bits per heavy atom. The van der Waals surface area contributed by atoms with Gasteiger partial charge in [0.15, 0.2) is 0 Å². The van der Waals surface area contributed by atoms with Gasteiger partial charge in [-0.05, 0) is 39.3 Å². The number of carbonyl (C=O) groups is 1. The maximum absolute atomic E-state index is 12.0. The number of rotatable bonds is 6. The van der Waals surface area contributed by atoms with E-state index in [9.17, 15) is 4.79 Å². The van der Waals surface area contributed by atoms with Crippen molar-refractivity contribution in [2.45, 2.75) is 38.6 Å². The second-order valence-corrected chi connectivity index (χ2v) is 5.78. The minimum absolute atomic E-state index is 0.0608. The minimum atomic E-state index is -0.0608. The van der Waals surface area contributed by atoms with E-state index in [4.69, 9.17) is 5.73 Å². The average molecular weight is 241 g/mol. The van der Waals surface area contributed by atoms with Crippen LogP contribution in [-0.2, 0) is 4.79 Å². The normalized spacial score (nSPS) is 20.2. The molecule has 1 rings (SSSR count). The van der Waals surface area contributed by atoms with E-state index in [0.29, 0.717) is 12.5 Å². The molecule has 1 aliphatic rings. The van der Waals surface area contributed by atoms with E-state index in [1.807, 2.05) is 13.8 Å². The van der Waals surface area contributed by atoms with Crippen molar-refractivity contribution in [1.82, 2.24) is 10.2 Å². The van der Waals surface area contributed by atoms with Gasteiger partial charge in [0.2, 0.25) is 5.91 Å². The second kappa shape index (κ2) is 5.83. The Hall–Kier alpha value is -0.610. The van der Waals surface area contributed by atoms with Gasteiger partial charge in [-0.1, -0.05) is 13.8 Å². The number of hydrogen-bond donors (Lipinski definition) is 2. The van der Waals surface area contributed by atoms with Crippen molar-refractivity contribution in [2.75, 3.05) is 27.2 Å². The molecule has 100 valence electrons. The van der Waals surface area contributed by atoms with Crippen molar-refractivity contribution in [3.8, 4) is 0 Å². The Morgan fingerprint density at radius 2 is 2.00 bits per heavy atom. The van der Waals surface area contributed by atoms with E-state index in [1.54, 1.807) is 0 Å². The van der Waals surface area contributed by atoms with Crippen LogP contribution in [-0.4, -0.2) is 43.5 Å². The number of nitrogens with one attached hydrogen (secondary N) is 1. The zero-order chi connectivity index (χ0) is 13.1. The molecule has 17 heavy (non-hydrogen) atoms. The van der Waals surface area contributed by atoms with Crippen LogP contribution in [0.1, 0.15) is 33.1 Å². The first-order valence-corrected chi connectivity index (χ1v) is 6.58. The first-order chi connectivity index (χ1) is 7.93. The summed E-state index contributed by atoms with van der Waals surface area (Å²) in [6.45, 7) is 5.27. The number of nitrogens with zero attached hydrogens (tertiary/aromatic N) is 1. The molecule has 0 bridgehead atoms. The third-order valence-corrected chi connectivity index (χ3v) is 4.22. The lowest BCUT2D eigenvalue weighted by atomic mass is 9.75. The first-order valence-electron chi connectivity index (χ1n) is 6.58. The van der Waals surface area contributed by atoms with Gasteiger partial charge in [-0.15, -0.1) is 0 Å². The Balaban J connectivity index is 2.47. The van der Waals surface area contributed by atoms with Crippen LogP contribution in [0.25, 0.3) is 0 Å². The molecule has 0 aliphatic heterocycles. The number of likely N-dealkylation sites (N-methyl/N-ethyl adjacent to an activating group) is 1. The maximum atomic E-state index is 12.0. The van der Waals surface area contributed by atoms with E-state index in [1.165, 1.54) is 19.3 Å². The third-order valence-electron chi connectivity index (χ3n) is 4.22. The smallest absolute Gasteiger partial charge is 0.224 e. The van der Waals surface area contributed by atoms with Crippen molar-refractivity contribution < 1.29 is 4.79 Å². The zero-order valence-electron chi connectivity index (χ0n) is 11.6. The van der Waals surface area contributed by atoms with Gasteiger partial charge in [0, 0.05) is 18.6 Å². The SMILES string of the molecule is CC(C)C(CN)C(=O)NCC1(N(C)C)CCC1. The lowest BCUT2D eigenvalue weighted by Gasteiger charge is -2.47. The van der Waals surface area contributed by atoms with Crippen LogP contribution < -0.4 is 11.1 Å². The Kier molecular flexibility index (Phi) is 4.95. The molecule has 3 N–H and O–H groups in total. The van der Waals surface area contributed by atoms with E-state index in [2.05, 4.69) is 24.3 Å². The molecular weight excluding hydrogens is 214 g/mol. The molecule has 0 heterocycles. The molecule has 1 unspecified atom stereocenters. The first kappa shape index (κ1) is 14.5. The third kappa shape index (κ3) is 3.19. The number of carbonyl (C=O) groups excluding carboxylic acids is 1. The number of nitrogens with two attached hydrogens (primary N) is 1. The van der Waals surface area contributed by atoms with Crippen molar-refractivity contribution in [1.29, 1.82) is 0 Å². The van der Waals surface area contributed by atoms with Gasteiger partial charge in [-0.25, -0.2) is 0 Å². The largest absolute Gasteiger partial charge is 0.354 e. The number of amides is 1. The molecule has 0 aromatic heterocycles. The summed E-state index contributed by atoms with van der Waals surface area (Å²) in [6.07, 6.45) is 3.61. The summed E-state index contributed by atoms with van der Waals surface area (Å²) in [5, 5.41) is 3.08. The van der Waals surface area contributed by atoms with Crippen LogP contribution in [0.3, 0.4) is 0 Å². The van der Waals surface area contributed by atoms with E-state index in [-0.39, 0.29) is 17.4 Å². The average Bonchev–Trinajstić information content (AvgIpc) is 2.15. The lowest BCUT2D eigenvalue weighted by molar-refractivity contribution is -0.127. The molecule has 0 aromatic carbocycles. The topological polar surface area (TPSA) is 58.4 Å². The predicted octanol–water partition coefficient (Wildman–Crippen LogP) is 0.818. The van der Waals surface area contributed by atoms with Crippen molar-refractivity contribution in [3.05, 3.63) is 0 Å². The molecule has 0 aromatic rings. The molecule has 1 atom stereocenters. The fraction of sp³-hybridized carbons (Fsp3) is 0.923. The van der Waals surface area contributed by atoms with Crippen molar-refractivity contribution in [2.24, 2.45) is 17.6 Å². The summed E-state index contributed by atoms with van der Waals surface area (Å²) in [5.41, 5.74) is 5.84. The van der Waals surface area contributed by atoms with E-state index >= 15 is 0 Å². The standard InChI is InChI=1S/C13H27N3O/c1-10(2)11(8-14)12(17)15-9-13(16(3)4)6-5-7-13/h10-11H,5-9,14H2,1-4H3,(H,15,17). The van der Waals surface area contributed by atoms with Crippen LogP contribution in [0, 0.1) is 11.8 Å². The van der Waals surface area contributed by atoms with Crippen LogP contribution in [0.15, 0.2) is 0 Å². The maximum Gasteiger partial charge on any atom is 0.224 e. The minimum Gasteiger partial charge on any atom is -0.354 e. The Bertz CT molecular complexity index is 259. The van der Waals surface area contributed by atoms with Gasteiger partial charge in [-0.3, -0.25) is 4.79 Å². The summed E-state index contributed by atoms with van der Waals surface area (Å²) in [4.78, 5) is 14.3. The summed E-state index contributed by atoms with van der Waals surface area (Å²) < 4.78 is 0. The van der Waals surface area contributed by atoms with Crippen LogP contribution >= 0.6 is 0 Å². The fourth-order valence-electron chi connectivity index (χ4n) is 2.43. The second-order valence-electron chi connectivity index (χ2n) is 5.78. The molecule has 1 amide bonds. The highest BCUT2D eigenvalue weighted by Crippen LogP contribution is 2.35. The Labute approximate surface area is 105 Å². The molecule has 1 fully saturated rings. The Morgan fingerprint density at radius 1 is 1.41 bits per heavy atom. The molecule has 0 radical (unpaired) electrons. The van der Waals surface area contributed by atoms with Crippen molar-refractivity contribution in [3.63, 3.8) is 0 Å². The quantitative estimate of drug-likeness (QED) is 0.724. The van der Waals surface area contributed by atoms with Gasteiger partial charge >= 0.3 is 0 Å². The lowest BCUT2D eigenvalue weighted by Crippen LogP contribution is -2.58. The van der Waals surface area contributed by atoms with Gasteiger partial charge < -0.3 is 16.0 Å². The fourth-order valence-corrected chi connectivity index (χ4v) is 2.43. The molecule has 0 saturated heterocycles. The van der Waals surface area contributed by atoms with E-state index < -0.39 is 0 Å². The summed E-state index contributed by atoms with van der Waals surface area (Å²) >= 11 is 0. The van der Waals surface area contributed by atoms with Crippen molar-refractivity contribution >= 4 is 5.91 Å². The molecule has 4 heteroatoms. The van der Waals surface area contributed by atoms with Crippen LogP contribution in [0.5, 0.6) is 0 Å².